The van der Waals surface area contributed by atoms with Gasteiger partial charge in [0.2, 0.25) is 0 Å². The first-order valence-electron chi connectivity index (χ1n) is 13.0. The average Bonchev–Trinajstić information content (AvgIpc) is 3.02. The molecule has 0 bridgehead atoms. The summed E-state index contributed by atoms with van der Waals surface area (Å²) in [6, 6.07) is 39.0. The molecule has 0 aromatic heterocycles. The first-order chi connectivity index (χ1) is 20.4. The second-order valence-corrected chi connectivity index (χ2v) is 16.8. The van der Waals surface area contributed by atoms with E-state index >= 15 is 0 Å². The molecular weight excluding hydrogens is 683 g/mol. The van der Waals surface area contributed by atoms with E-state index in [0.29, 0.717) is 0 Å². The van der Waals surface area contributed by atoms with E-state index < -0.39 is 40.2 Å². The summed E-state index contributed by atoms with van der Waals surface area (Å²) in [6.45, 7) is 0. The number of allylic oxidation sites excluding steroid dienone is 3. The van der Waals surface area contributed by atoms with Gasteiger partial charge in [-0.3, -0.25) is 0 Å². The standard InChI is InChI=1S/C34H25ClO5STe/c36-35(37,38)40-42-33(29-17-9-3-10-18-29)21-26(22-34(42)30-19-11-4-12-20-30)23-41-24-31(27-13-5-1-6-14-27)39-32(25-41)28-15-7-2-8-16-28/h1-25H. The van der Waals surface area contributed by atoms with Crippen molar-refractivity contribution in [1.29, 1.82) is 0 Å². The monoisotopic (exact) mass is 710 g/mol. The van der Waals surface area contributed by atoms with Crippen molar-refractivity contribution < 1.29 is 31.6 Å². The molecule has 0 atom stereocenters. The van der Waals surface area contributed by atoms with Gasteiger partial charge in [-0.1, -0.05) is 0 Å². The number of ether oxygens (including phenoxy) is 1. The SMILES string of the molecule is [O-][Cl+3]([O-])([O-])O[Te]1=C(c2ccccc2)C=C(C=S2C=C(c3ccccc3)OC(c3ccccc3)=C2)C=C1c1ccccc1. The van der Waals surface area contributed by atoms with Crippen molar-refractivity contribution in [3.63, 3.8) is 0 Å². The van der Waals surface area contributed by atoms with Crippen LogP contribution in [0.1, 0.15) is 22.3 Å². The van der Waals surface area contributed by atoms with Gasteiger partial charge in [-0.25, -0.2) is 0 Å². The van der Waals surface area contributed by atoms with Crippen LogP contribution in [0, 0.1) is 10.2 Å². The van der Waals surface area contributed by atoms with Gasteiger partial charge in [-0.05, 0) is 0 Å². The second kappa shape index (κ2) is 12.9. The Morgan fingerprint density at radius 3 is 1.52 bits per heavy atom. The van der Waals surface area contributed by atoms with Crippen LogP contribution in [-0.2, 0) is 7.39 Å². The van der Waals surface area contributed by atoms with Gasteiger partial charge >= 0.3 is 258 Å². The molecule has 0 spiro atoms. The summed E-state index contributed by atoms with van der Waals surface area (Å²) < 4.78 is 49.0. The Morgan fingerprint density at radius 1 is 0.595 bits per heavy atom. The van der Waals surface area contributed by atoms with E-state index in [4.69, 9.17) is 7.39 Å². The van der Waals surface area contributed by atoms with E-state index in [1.807, 2.05) is 133 Å². The summed E-state index contributed by atoms with van der Waals surface area (Å²) in [6.07, 6.45) is 3.93. The fourth-order valence-electron chi connectivity index (χ4n) is 4.50. The van der Waals surface area contributed by atoms with E-state index in [1.165, 1.54) is 0 Å². The third-order valence-electron chi connectivity index (χ3n) is 6.35. The van der Waals surface area contributed by atoms with Crippen LogP contribution in [0.2, 0.25) is 0 Å². The van der Waals surface area contributed by atoms with E-state index in [-0.39, 0.29) is 0 Å². The normalized spacial score (nSPS) is 16.1. The van der Waals surface area contributed by atoms with Gasteiger partial charge in [0.25, 0.3) is 0 Å². The Morgan fingerprint density at radius 2 is 1.05 bits per heavy atom. The molecule has 210 valence electrons. The van der Waals surface area contributed by atoms with Crippen molar-refractivity contribution >= 4 is 54.0 Å². The van der Waals surface area contributed by atoms with Crippen molar-refractivity contribution in [2.24, 2.45) is 0 Å². The van der Waals surface area contributed by atoms with Gasteiger partial charge in [0.05, 0.1) is 0 Å². The predicted octanol–water partition coefficient (Wildman–Crippen LogP) is 4.36. The summed E-state index contributed by atoms with van der Waals surface area (Å²) in [5.74, 6) is 1.53. The molecule has 5 nitrogen and oxygen atoms in total. The Bertz CT molecular complexity index is 1720. The van der Waals surface area contributed by atoms with E-state index in [1.54, 1.807) is 0 Å². The number of hydrogen-bond acceptors (Lipinski definition) is 5. The Hall–Kier alpha value is -3.35. The molecule has 2 aliphatic heterocycles. The van der Waals surface area contributed by atoms with Crippen molar-refractivity contribution in [3.05, 3.63) is 172 Å². The van der Waals surface area contributed by atoms with Crippen molar-refractivity contribution in [3.8, 4) is 0 Å². The van der Waals surface area contributed by atoms with Gasteiger partial charge in [-0.15, -0.1) is 0 Å². The van der Waals surface area contributed by atoms with E-state index in [0.717, 1.165) is 46.5 Å². The number of hydrogen-bond donors (Lipinski definition) is 0. The molecule has 4 aromatic rings. The van der Waals surface area contributed by atoms with Crippen LogP contribution >= 0.6 is 10.5 Å². The van der Waals surface area contributed by atoms with E-state index in [9.17, 15) is 14.0 Å². The van der Waals surface area contributed by atoms with Gasteiger partial charge in [0.1, 0.15) is 0 Å². The van der Waals surface area contributed by atoms with Crippen molar-refractivity contribution in [1.82, 2.24) is 0 Å². The molecule has 8 heteroatoms. The Labute approximate surface area is 256 Å². The van der Waals surface area contributed by atoms with Crippen LogP contribution in [-0.4, -0.2) is 28.4 Å². The number of benzene rings is 4. The van der Waals surface area contributed by atoms with Crippen LogP contribution in [0.25, 0.3) is 15.1 Å². The van der Waals surface area contributed by atoms with Crippen LogP contribution in [0.15, 0.2) is 150 Å². The van der Waals surface area contributed by atoms with Gasteiger partial charge in [0, 0.05) is 0 Å². The fraction of sp³-hybridized carbons (Fsp3) is 0. The molecule has 4 aromatic carbocycles. The maximum absolute atomic E-state index is 11.9. The molecule has 0 saturated heterocycles. The molecule has 0 N–H and O–H groups in total. The number of halogens is 1. The van der Waals surface area contributed by atoms with Gasteiger partial charge in [0.15, 0.2) is 0 Å². The predicted molar refractivity (Wildman–Crippen MR) is 163 cm³/mol. The fourth-order valence-corrected chi connectivity index (χ4v) is 12.9. The second-order valence-electron chi connectivity index (χ2n) is 9.28. The number of rotatable bonds is 7. The zero-order chi connectivity index (χ0) is 28.9. The first kappa shape index (κ1) is 28.8. The average molecular weight is 709 g/mol. The molecule has 0 fully saturated rings. The molecule has 42 heavy (non-hydrogen) atoms. The Balaban J connectivity index is 1.54. The van der Waals surface area contributed by atoms with Gasteiger partial charge < -0.3 is 0 Å². The molecule has 0 radical (unpaired) electrons. The van der Waals surface area contributed by atoms with Crippen LogP contribution in [0.4, 0.5) is 0 Å². The first-order valence-corrected chi connectivity index (χ1v) is 18.9. The summed E-state index contributed by atoms with van der Waals surface area (Å²) in [7, 11) is -5.10. The maximum atomic E-state index is 11.9. The molecule has 0 amide bonds. The third-order valence-corrected chi connectivity index (χ3v) is 14.8. The van der Waals surface area contributed by atoms with Crippen LogP contribution in [0.3, 0.4) is 0 Å². The summed E-state index contributed by atoms with van der Waals surface area (Å²) >= 11 is -3.34. The zero-order valence-electron chi connectivity index (χ0n) is 22.2. The zero-order valence-corrected chi connectivity index (χ0v) is 26.1. The summed E-state index contributed by atoms with van der Waals surface area (Å²) in [5.41, 5.74) is 4.50. The quantitative estimate of drug-likeness (QED) is 0.211. The molecule has 0 aliphatic carbocycles. The topological polar surface area (TPSA) is 87.6 Å². The molecule has 0 unspecified atom stereocenters. The minimum atomic E-state index is -4.62. The molecule has 2 heterocycles. The molecule has 6 rings (SSSR count). The van der Waals surface area contributed by atoms with E-state index in [2.05, 4.69) is 16.2 Å². The van der Waals surface area contributed by atoms with Gasteiger partial charge in [-0.2, -0.15) is 0 Å². The van der Waals surface area contributed by atoms with Crippen LogP contribution < -0.4 is 14.0 Å². The summed E-state index contributed by atoms with van der Waals surface area (Å²) in [5, 5.41) is 6.35. The van der Waals surface area contributed by atoms with Crippen molar-refractivity contribution in [2.45, 2.75) is 0 Å². The third kappa shape index (κ3) is 6.99. The molecule has 0 saturated carbocycles. The Kier molecular flexibility index (Phi) is 8.82. The summed E-state index contributed by atoms with van der Waals surface area (Å²) in [4.78, 5) is 0. The minimum absolute atomic E-state index is 0.480. The molecule has 2 aliphatic rings. The van der Waals surface area contributed by atoms with Crippen molar-refractivity contribution in [2.75, 3.05) is 0 Å². The molecular formula is C34H25ClO5STe. The van der Waals surface area contributed by atoms with Crippen LogP contribution in [0.5, 0.6) is 0 Å².